The summed E-state index contributed by atoms with van der Waals surface area (Å²) in [4.78, 5) is 2.51. The summed E-state index contributed by atoms with van der Waals surface area (Å²) in [7, 11) is 2.38. The van der Waals surface area contributed by atoms with E-state index in [4.69, 9.17) is 0 Å². The van der Waals surface area contributed by atoms with Gasteiger partial charge in [-0.3, -0.25) is 4.90 Å². The lowest BCUT2D eigenvalue weighted by atomic mass is 9.68. The third-order valence-electron chi connectivity index (χ3n) is 1.74. The second-order valence-corrected chi connectivity index (χ2v) is 4.28. The molecule has 1 rings (SSSR count). The van der Waals surface area contributed by atoms with Gasteiger partial charge in [-0.1, -0.05) is 35.2 Å². The number of hydrogen-bond donors (Lipinski definition) is 0. The van der Waals surface area contributed by atoms with E-state index in [1.165, 1.54) is 25.7 Å². The Morgan fingerprint density at radius 3 is 2.33 bits per heavy atom. The van der Waals surface area contributed by atoms with Crippen LogP contribution in [0.4, 0.5) is 0 Å². The van der Waals surface area contributed by atoms with Crippen LogP contribution in [0.2, 0.25) is 12.6 Å². The molecule has 0 N–H and O–H groups in total. The lowest BCUT2D eigenvalue weighted by Gasteiger charge is -2.28. The Balaban J connectivity index is 2.23. The monoisotopic (exact) mass is 236 g/mol. The van der Waals surface area contributed by atoms with Gasteiger partial charge in [0.15, 0.2) is 0 Å². The molecule has 0 aromatic heterocycles. The Labute approximate surface area is 71.6 Å². The molecular weight excluding hydrogens is 224 g/mol. The van der Waals surface area contributed by atoms with Crippen molar-refractivity contribution >= 4 is 29.9 Å². The van der Waals surface area contributed by atoms with E-state index in [2.05, 4.69) is 41.7 Å². The fraction of sp³-hybridized carbons (Fsp3) is 1.00. The Kier molecular flexibility index (Phi) is 3.33. The Hall–Kier alpha value is 0.755. The molecule has 51 valence electrons. The SMILES string of the molecule is CC(I)N1CC[B]CC1. The second-order valence-electron chi connectivity index (χ2n) is 2.48. The molecule has 0 aliphatic carbocycles. The van der Waals surface area contributed by atoms with E-state index in [0.29, 0.717) is 0 Å². The normalized spacial score (nSPS) is 25.1. The van der Waals surface area contributed by atoms with E-state index < -0.39 is 0 Å². The third kappa shape index (κ3) is 2.46. The van der Waals surface area contributed by atoms with Crippen molar-refractivity contribution in [2.75, 3.05) is 13.1 Å². The van der Waals surface area contributed by atoms with Gasteiger partial charge in [0.05, 0.1) is 4.05 Å². The van der Waals surface area contributed by atoms with Gasteiger partial charge in [0.1, 0.15) is 7.28 Å². The lowest BCUT2D eigenvalue weighted by molar-refractivity contribution is 0.298. The first-order chi connectivity index (χ1) is 4.30. The molecule has 1 unspecified atom stereocenters. The van der Waals surface area contributed by atoms with E-state index in [1.54, 1.807) is 0 Å². The van der Waals surface area contributed by atoms with E-state index in [0.717, 1.165) is 4.05 Å². The van der Waals surface area contributed by atoms with Gasteiger partial charge in [0.25, 0.3) is 0 Å². The van der Waals surface area contributed by atoms with Crippen LogP contribution in [-0.2, 0) is 0 Å². The smallest absolute Gasteiger partial charge is 0.112 e. The Morgan fingerprint density at radius 2 is 2.00 bits per heavy atom. The first-order valence-corrected chi connectivity index (χ1v) is 4.75. The minimum atomic E-state index is 0.719. The molecule has 0 aromatic carbocycles. The van der Waals surface area contributed by atoms with Crippen molar-refractivity contribution in [3.8, 4) is 0 Å². The molecule has 1 aliphatic heterocycles. The van der Waals surface area contributed by atoms with Crippen molar-refractivity contribution in [2.24, 2.45) is 0 Å². The highest BCUT2D eigenvalue weighted by Gasteiger charge is 2.13. The van der Waals surface area contributed by atoms with Crippen molar-refractivity contribution in [1.82, 2.24) is 4.90 Å². The van der Waals surface area contributed by atoms with Gasteiger partial charge >= 0.3 is 0 Å². The summed E-state index contributed by atoms with van der Waals surface area (Å²) < 4.78 is 0.719. The zero-order valence-electron chi connectivity index (χ0n) is 5.81. The lowest BCUT2D eigenvalue weighted by Crippen LogP contribution is -2.35. The summed E-state index contributed by atoms with van der Waals surface area (Å²) in [5, 5.41) is 0. The molecule has 1 fully saturated rings. The fourth-order valence-corrected chi connectivity index (χ4v) is 1.68. The number of rotatable bonds is 1. The molecule has 1 atom stereocenters. The molecular formula is C6H12BIN. The summed E-state index contributed by atoms with van der Waals surface area (Å²) in [6.07, 6.45) is 2.57. The van der Waals surface area contributed by atoms with Crippen molar-refractivity contribution in [3.63, 3.8) is 0 Å². The molecule has 1 aliphatic rings. The van der Waals surface area contributed by atoms with Crippen LogP contribution in [0.5, 0.6) is 0 Å². The van der Waals surface area contributed by atoms with Crippen molar-refractivity contribution in [2.45, 2.75) is 23.6 Å². The van der Waals surface area contributed by atoms with E-state index in [1.807, 2.05) is 0 Å². The van der Waals surface area contributed by atoms with Crippen LogP contribution in [0.25, 0.3) is 0 Å². The molecule has 0 spiro atoms. The second kappa shape index (κ2) is 3.81. The first-order valence-electron chi connectivity index (χ1n) is 3.50. The number of halogens is 1. The number of alkyl halides is 1. The minimum absolute atomic E-state index is 0.719. The van der Waals surface area contributed by atoms with Crippen LogP contribution in [0, 0.1) is 0 Å². The van der Waals surface area contributed by atoms with Crippen molar-refractivity contribution in [3.05, 3.63) is 0 Å². The average molecular weight is 236 g/mol. The van der Waals surface area contributed by atoms with Gasteiger partial charge in [-0.2, -0.15) is 0 Å². The molecule has 1 radical (unpaired) electrons. The van der Waals surface area contributed by atoms with Crippen LogP contribution in [0.1, 0.15) is 6.92 Å². The molecule has 9 heavy (non-hydrogen) atoms. The minimum Gasteiger partial charge on any atom is -0.293 e. The zero-order chi connectivity index (χ0) is 6.69. The highest BCUT2D eigenvalue weighted by atomic mass is 127. The van der Waals surface area contributed by atoms with Crippen LogP contribution in [0.3, 0.4) is 0 Å². The summed E-state index contributed by atoms with van der Waals surface area (Å²) >= 11 is 2.47. The van der Waals surface area contributed by atoms with Gasteiger partial charge in [-0.15, -0.1) is 0 Å². The number of hydrogen-bond acceptors (Lipinski definition) is 1. The van der Waals surface area contributed by atoms with Gasteiger partial charge in [-0.05, 0) is 20.0 Å². The summed E-state index contributed by atoms with van der Waals surface area (Å²) in [6.45, 7) is 4.79. The van der Waals surface area contributed by atoms with Gasteiger partial charge in [0, 0.05) is 0 Å². The molecule has 0 bridgehead atoms. The molecule has 0 amide bonds. The van der Waals surface area contributed by atoms with Gasteiger partial charge < -0.3 is 0 Å². The molecule has 0 aromatic rings. The fourth-order valence-electron chi connectivity index (χ4n) is 1.13. The van der Waals surface area contributed by atoms with Crippen molar-refractivity contribution < 1.29 is 0 Å². The third-order valence-corrected chi connectivity index (χ3v) is 2.53. The molecule has 0 saturated carbocycles. The largest absolute Gasteiger partial charge is 0.293 e. The van der Waals surface area contributed by atoms with E-state index >= 15 is 0 Å². The van der Waals surface area contributed by atoms with Gasteiger partial charge in [-0.25, -0.2) is 0 Å². The highest BCUT2D eigenvalue weighted by Crippen LogP contribution is 2.12. The maximum Gasteiger partial charge on any atom is 0.112 e. The summed E-state index contributed by atoms with van der Waals surface area (Å²) in [5.41, 5.74) is 0. The first kappa shape index (κ1) is 7.86. The van der Waals surface area contributed by atoms with Gasteiger partial charge in [0.2, 0.25) is 0 Å². The predicted octanol–water partition coefficient (Wildman–Crippen LogP) is 1.62. The number of nitrogens with zero attached hydrogens (tertiary/aromatic N) is 1. The zero-order valence-corrected chi connectivity index (χ0v) is 7.97. The average Bonchev–Trinajstić information content (AvgIpc) is 1.90. The summed E-state index contributed by atoms with van der Waals surface area (Å²) in [6, 6.07) is 0. The van der Waals surface area contributed by atoms with E-state index in [-0.39, 0.29) is 0 Å². The highest BCUT2D eigenvalue weighted by molar-refractivity contribution is 14.1. The van der Waals surface area contributed by atoms with Crippen LogP contribution >= 0.6 is 22.6 Å². The molecule has 1 saturated heterocycles. The quantitative estimate of drug-likeness (QED) is 0.289. The van der Waals surface area contributed by atoms with Crippen molar-refractivity contribution in [1.29, 1.82) is 0 Å². The standard InChI is InChI=1S/C6H12BIN/c1-6(8)9-4-2-7-3-5-9/h6H,2-5H2,1H3. The van der Waals surface area contributed by atoms with Crippen LogP contribution in [-0.4, -0.2) is 29.3 Å². The Morgan fingerprint density at radius 1 is 1.44 bits per heavy atom. The molecule has 1 heterocycles. The maximum absolute atomic E-state index is 2.51. The Bertz CT molecular complexity index is 81.1. The molecule has 1 nitrogen and oxygen atoms in total. The van der Waals surface area contributed by atoms with Crippen LogP contribution < -0.4 is 0 Å². The molecule has 3 heteroatoms. The topological polar surface area (TPSA) is 3.24 Å². The predicted molar refractivity (Wildman–Crippen MR) is 50.4 cm³/mol. The summed E-state index contributed by atoms with van der Waals surface area (Å²) in [5.74, 6) is 0. The van der Waals surface area contributed by atoms with E-state index in [9.17, 15) is 0 Å². The maximum atomic E-state index is 2.51. The van der Waals surface area contributed by atoms with Crippen LogP contribution in [0.15, 0.2) is 0 Å².